The molecule has 2 nitrogen and oxygen atoms in total. The highest BCUT2D eigenvalue weighted by Gasteiger charge is 2.31. The molecule has 1 saturated heterocycles. The normalized spacial score (nSPS) is 21.3. The SMILES string of the molecule is CNC1(C)CCN(C(C)c2cc(F)ccc2F)CC1. The Morgan fingerprint density at radius 1 is 1.26 bits per heavy atom. The van der Waals surface area contributed by atoms with Crippen molar-refractivity contribution in [3.05, 3.63) is 35.4 Å². The quantitative estimate of drug-likeness (QED) is 0.906. The van der Waals surface area contributed by atoms with Crippen LogP contribution < -0.4 is 5.32 Å². The summed E-state index contributed by atoms with van der Waals surface area (Å²) >= 11 is 0. The predicted octanol–water partition coefficient (Wildman–Crippen LogP) is 3.10. The Morgan fingerprint density at radius 2 is 1.89 bits per heavy atom. The summed E-state index contributed by atoms with van der Waals surface area (Å²) in [5.74, 6) is -0.698. The maximum Gasteiger partial charge on any atom is 0.128 e. The first-order valence-electron chi connectivity index (χ1n) is 6.83. The highest BCUT2D eigenvalue weighted by atomic mass is 19.1. The number of halogens is 2. The molecule has 1 heterocycles. The fraction of sp³-hybridized carbons (Fsp3) is 0.600. The molecule has 1 aromatic rings. The monoisotopic (exact) mass is 268 g/mol. The molecular formula is C15H22F2N2. The van der Waals surface area contributed by atoms with Gasteiger partial charge in [0.2, 0.25) is 0 Å². The standard InChI is InChI=1S/C15H22F2N2/c1-11(13-10-12(16)4-5-14(13)17)19-8-6-15(2,18-3)7-9-19/h4-5,10-11,18H,6-9H2,1-3H3. The summed E-state index contributed by atoms with van der Waals surface area (Å²) in [5.41, 5.74) is 0.615. The van der Waals surface area contributed by atoms with E-state index in [-0.39, 0.29) is 23.2 Å². The van der Waals surface area contributed by atoms with Crippen LogP contribution in [0.4, 0.5) is 8.78 Å². The molecule has 19 heavy (non-hydrogen) atoms. The van der Waals surface area contributed by atoms with E-state index in [0.717, 1.165) is 25.9 Å². The van der Waals surface area contributed by atoms with E-state index < -0.39 is 0 Å². The molecule has 1 aromatic carbocycles. The second-order valence-electron chi connectivity index (χ2n) is 5.69. The molecule has 0 bridgehead atoms. The average molecular weight is 268 g/mol. The predicted molar refractivity (Wildman–Crippen MR) is 73.0 cm³/mol. The Balaban J connectivity index is 2.09. The summed E-state index contributed by atoms with van der Waals surface area (Å²) in [6.07, 6.45) is 2.04. The van der Waals surface area contributed by atoms with E-state index >= 15 is 0 Å². The van der Waals surface area contributed by atoms with E-state index in [4.69, 9.17) is 0 Å². The summed E-state index contributed by atoms with van der Waals surface area (Å²) in [6.45, 7) is 5.95. The fourth-order valence-corrected chi connectivity index (χ4v) is 2.69. The number of hydrogen-bond acceptors (Lipinski definition) is 2. The number of hydrogen-bond donors (Lipinski definition) is 1. The largest absolute Gasteiger partial charge is 0.314 e. The highest BCUT2D eigenvalue weighted by Crippen LogP contribution is 2.29. The second kappa shape index (κ2) is 5.55. The van der Waals surface area contributed by atoms with Crippen LogP contribution in [0.2, 0.25) is 0 Å². The lowest BCUT2D eigenvalue weighted by Gasteiger charge is -2.42. The summed E-state index contributed by atoms with van der Waals surface area (Å²) < 4.78 is 27.0. The minimum Gasteiger partial charge on any atom is -0.314 e. The van der Waals surface area contributed by atoms with Crippen molar-refractivity contribution in [2.24, 2.45) is 0 Å². The molecular weight excluding hydrogens is 246 g/mol. The third-order valence-electron chi connectivity index (χ3n) is 4.46. The van der Waals surface area contributed by atoms with Gasteiger partial charge in [0.05, 0.1) is 0 Å². The molecule has 0 saturated carbocycles. The summed E-state index contributed by atoms with van der Waals surface area (Å²) in [5, 5.41) is 3.34. The minimum absolute atomic E-state index is 0.0860. The zero-order valence-corrected chi connectivity index (χ0v) is 11.8. The van der Waals surface area contributed by atoms with Gasteiger partial charge in [-0.15, -0.1) is 0 Å². The van der Waals surface area contributed by atoms with Crippen LogP contribution in [0.15, 0.2) is 18.2 Å². The third-order valence-corrected chi connectivity index (χ3v) is 4.46. The molecule has 2 rings (SSSR count). The summed E-state index contributed by atoms with van der Waals surface area (Å²) in [6, 6.07) is 3.60. The van der Waals surface area contributed by atoms with E-state index in [0.29, 0.717) is 5.56 Å². The zero-order valence-electron chi connectivity index (χ0n) is 11.8. The van der Waals surface area contributed by atoms with Gasteiger partial charge in [0.1, 0.15) is 11.6 Å². The first-order valence-corrected chi connectivity index (χ1v) is 6.83. The lowest BCUT2D eigenvalue weighted by Crippen LogP contribution is -2.50. The zero-order chi connectivity index (χ0) is 14.0. The van der Waals surface area contributed by atoms with E-state index in [9.17, 15) is 8.78 Å². The molecule has 106 valence electrons. The third kappa shape index (κ3) is 3.12. The maximum atomic E-state index is 13.8. The Bertz CT molecular complexity index is 440. The molecule has 1 fully saturated rings. The first-order chi connectivity index (χ1) is 8.95. The van der Waals surface area contributed by atoms with Crippen LogP contribution in [-0.2, 0) is 0 Å². The van der Waals surface area contributed by atoms with Gasteiger partial charge < -0.3 is 5.32 Å². The van der Waals surface area contributed by atoms with Gasteiger partial charge in [-0.3, -0.25) is 4.90 Å². The summed E-state index contributed by atoms with van der Waals surface area (Å²) in [4.78, 5) is 2.22. The second-order valence-corrected chi connectivity index (χ2v) is 5.69. The molecule has 4 heteroatoms. The van der Waals surface area contributed by atoms with Gasteiger partial charge >= 0.3 is 0 Å². The Hall–Kier alpha value is -1.00. The van der Waals surface area contributed by atoms with Crippen LogP contribution in [0.1, 0.15) is 38.3 Å². The molecule has 0 amide bonds. The number of benzene rings is 1. The van der Waals surface area contributed by atoms with Crippen molar-refractivity contribution in [1.82, 2.24) is 10.2 Å². The molecule has 0 aliphatic carbocycles. The van der Waals surface area contributed by atoms with Crippen LogP contribution in [0.5, 0.6) is 0 Å². The highest BCUT2D eigenvalue weighted by molar-refractivity contribution is 5.22. The van der Waals surface area contributed by atoms with Crippen molar-refractivity contribution in [1.29, 1.82) is 0 Å². The Morgan fingerprint density at radius 3 is 2.47 bits per heavy atom. The van der Waals surface area contributed by atoms with Crippen molar-refractivity contribution in [2.45, 2.75) is 38.3 Å². The van der Waals surface area contributed by atoms with Crippen molar-refractivity contribution >= 4 is 0 Å². The number of piperidine rings is 1. The number of likely N-dealkylation sites (tertiary alicyclic amines) is 1. The smallest absolute Gasteiger partial charge is 0.128 e. The molecule has 0 aromatic heterocycles. The maximum absolute atomic E-state index is 13.8. The van der Waals surface area contributed by atoms with Crippen LogP contribution in [0.25, 0.3) is 0 Å². The van der Waals surface area contributed by atoms with Gasteiger partial charge in [-0.1, -0.05) is 0 Å². The molecule has 1 N–H and O–H groups in total. The van der Waals surface area contributed by atoms with Crippen LogP contribution in [0, 0.1) is 11.6 Å². The van der Waals surface area contributed by atoms with E-state index in [1.165, 1.54) is 18.2 Å². The number of nitrogens with zero attached hydrogens (tertiary/aromatic N) is 1. The first kappa shape index (κ1) is 14.4. The van der Waals surface area contributed by atoms with Gasteiger partial charge in [-0.05, 0) is 51.9 Å². The molecule has 1 atom stereocenters. The van der Waals surface area contributed by atoms with Crippen LogP contribution >= 0.6 is 0 Å². The van der Waals surface area contributed by atoms with Crippen LogP contribution in [0.3, 0.4) is 0 Å². The van der Waals surface area contributed by atoms with Gasteiger partial charge in [0, 0.05) is 30.2 Å². The van der Waals surface area contributed by atoms with Crippen molar-refractivity contribution in [2.75, 3.05) is 20.1 Å². The van der Waals surface area contributed by atoms with Gasteiger partial charge in [0.25, 0.3) is 0 Å². The summed E-state index contributed by atoms with van der Waals surface area (Å²) in [7, 11) is 1.98. The average Bonchev–Trinajstić information content (AvgIpc) is 2.42. The number of nitrogens with one attached hydrogen (secondary N) is 1. The molecule has 0 radical (unpaired) electrons. The lowest BCUT2D eigenvalue weighted by molar-refractivity contribution is 0.115. The van der Waals surface area contributed by atoms with Crippen molar-refractivity contribution in [3.63, 3.8) is 0 Å². The molecule has 1 unspecified atom stereocenters. The van der Waals surface area contributed by atoms with Crippen molar-refractivity contribution in [3.8, 4) is 0 Å². The molecule has 1 aliphatic heterocycles. The van der Waals surface area contributed by atoms with Gasteiger partial charge in [-0.25, -0.2) is 8.78 Å². The van der Waals surface area contributed by atoms with Crippen LogP contribution in [-0.4, -0.2) is 30.6 Å². The minimum atomic E-state index is -0.375. The Labute approximate surface area is 113 Å². The van der Waals surface area contributed by atoms with E-state index in [1.54, 1.807) is 0 Å². The van der Waals surface area contributed by atoms with E-state index in [2.05, 4.69) is 17.1 Å². The van der Waals surface area contributed by atoms with E-state index in [1.807, 2.05) is 14.0 Å². The number of rotatable bonds is 3. The van der Waals surface area contributed by atoms with Gasteiger partial charge in [-0.2, -0.15) is 0 Å². The Kier molecular flexibility index (Phi) is 4.21. The van der Waals surface area contributed by atoms with Crippen molar-refractivity contribution < 1.29 is 8.78 Å². The lowest BCUT2D eigenvalue weighted by atomic mass is 9.88. The molecule has 1 aliphatic rings. The fourth-order valence-electron chi connectivity index (χ4n) is 2.69. The topological polar surface area (TPSA) is 15.3 Å². The van der Waals surface area contributed by atoms with Gasteiger partial charge in [0.15, 0.2) is 0 Å². The molecule has 0 spiro atoms.